The molecule has 4 aromatic rings. The number of aromatic hydroxyl groups is 2. The summed E-state index contributed by atoms with van der Waals surface area (Å²) in [6.07, 6.45) is -7.09. The lowest BCUT2D eigenvalue weighted by Crippen LogP contribution is -2.59. The van der Waals surface area contributed by atoms with Crippen LogP contribution in [-0.4, -0.2) is 108 Å². The van der Waals surface area contributed by atoms with Crippen molar-refractivity contribution in [3.05, 3.63) is 128 Å². The van der Waals surface area contributed by atoms with Gasteiger partial charge in [-0.05, 0) is 52.1 Å². The Labute approximate surface area is 294 Å². The van der Waals surface area contributed by atoms with Crippen LogP contribution < -0.4 is 0 Å². The van der Waals surface area contributed by atoms with Crippen LogP contribution in [0, 0.1) is 0 Å². The summed E-state index contributed by atoms with van der Waals surface area (Å²) >= 11 is 0. The van der Waals surface area contributed by atoms with Crippen LogP contribution in [0.5, 0.6) is 11.5 Å². The number of aliphatic hydroxyl groups is 4. The van der Waals surface area contributed by atoms with Crippen molar-refractivity contribution in [3.8, 4) is 11.5 Å². The first kappa shape index (κ1) is 34.9. The molecule has 14 nitrogen and oxygen atoms in total. The number of carboxylic acids is 2. The maximum Gasteiger partial charge on any atom is 0.335 e. The van der Waals surface area contributed by atoms with E-state index in [0.717, 1.165) is 12.1 Å². The molecule has 0 radical (unpaired) electrons. The van der Waals surface area contributed by atoms with E-state index < -0.39 is 84.0 Å². The second-order valence-corrected chi connectivity index (χ2v) is 13.0. The van der Waals surface area contributed by atoms with Gasteiger partial charge >= 0.3 is 11.9 Å². The lowest BCUT2D eigenvalue weighted by Gasteiger charge is -2.40. The van der Waals surface area contributed by atoms with Crippen LogP contribution in [0.3, 0.4) is 0 Å². The third kappa shape index (κ3) is 5.53. The van der Waals surface area contributed by atoms with E-state index in [0.29, 0.717) is 16.7 Å². The number of phenolic OH excluding ortho intramolecular Hbond substituents is 2. The smallest absolute Gasteiger partial charge is 0.335 e. The molecule has 2 aliphatic carbocycles. The molecule has 1 saturated heterocycles. The van der Waals surface area contributed by atoms with E-state index in [2.05, 4.69) is 0 Å². The predicted octanol–water partition coefficient (Wildman–Crippen LogP) is 1.91. The number of aromatic carboxylic acids is 2. The maximum atomic E-state index is 14.4. The van der Waals surface area contributed by atoms with Crippen molar-refractivity contribution < 1.29 is 69.5 Å². The Balaban J connectivity index is 1.40. The Morgan fingerprint density at radius 1 is 0.654 bits per heavy atom. The van der Waals surface area contributed by atoms with Gasteiger partial charge in [-0.3, -0.25) is 9.59 Å². The Morgan fingerprint density at radius 3 is 1.83 bits per heavy atom. The summed E-state index contributed by atoms with van der Waals surface area (Å²) in [5.41, 5.74) is 0.458. The van der Waals surface area contributed by atoms with Gasteiger partial charge < -0.3 is 50.3 Å². The highest BCUT2D eigenvalue weighted by molar-refractivity contribution is 6.17. The molecule has 1 aliphatic heterocycles. The second kappa shape index (κ2) is 13.2. The fourth-order valence-corrected chi connectivity index (χ4v) is 7.70. The molecule has 7 rings (SSSR count). The van der Waals surface area contributed by atoms with Gasteiger partial charge in [0.2, 0.25) is 0 Å². The maximum absolute atomic E-state index is 14.4. The van der Waals surface area contributed by atoms with Gasteiger partial charge in [0.05, 0.1) is 42.1 Å². The summed E-state index contributed by atoms with van der Waals surface area (Å²) in [5.74, 6) is -7.25. The van der Waals surface area contributed by atoms with Gasteiger partial charge in [-0.2, -0.15) is 0 Å². The molecule has 4 unspecified atom stereocenters. The normalized spacial score (nSPS) is 24.7. The third-order valence-corrected chi connectivity index (χ3v) is 10.1. The average molecular weight is 713 g/mol. The Bertz CT molecular complexity index is 2160. The minimum Gasteiger partial charge on any atom is -0.507 e. The van der Waals surface area contributed by atoms with E-state index >= 15 is 0 Å². The first-order valence-electron chi connectivity index (χ1n) is 16.2. The van der Waals surface area contributed by atoms with Gasteiger partial charge in [0, 0.05) is 23.0 Å². The molecule has 268 valence electrons. The molecule has 7 atom stereocenters. The van der Waals surface area contributed by atoms with E-state index in [1.54, 1.807) is 42.5 Å². The van der Waals surface area contributed by atoms with Gasteiger partial charge in [-0.15, -0.1) is 0 Å². The van der Waals surface area contributed by atoms with Crippen LogP contribution in [0.1, 0.15) is 92.2 Å². The molecule has 8 N–H and O–H groups in total. The van der Waals surface area contributed by atoms with Crippen molar-refractivity contribution >= 4 is 23.5 Å². The Hall–Kier alpha value is -5.48. The van der Waals surface area contributed by atoms with Crippen LogP contribution in [0.25, 0.3) is 0 Å². The molecule has 1 heterocycles. The van der Waals surface area contributed by atoms with Crippen LogP contribution in [-0.2, 0) is 16.1 Å². The topological polar surface area (TPSA) is 249 Å². The minimum absolute atomic E-state index is 0.0710. The fraction of sp³-hybridized carbons (Fsp3) is 0.263. The number of rotatable bonds is 8. The SMILES string of the molecule is O=C(O)c1cc(O)c2c(c1)C(C1c3cc(C(=O)O)cc(O)c3C(=O)c3c(COC[C@@H]4OC(CO)[C@@H](O)[C@@H](O)C4O)cccc31)c1ccccc1C2=O. The number of phenols is 2. The van der Waals surface area contributed by atoms with Crippen LogP contribution in [0.2, 0.25) is 0 Å². The van der Waals surface area contributed by atoms with E-state index in [-0.39, 0.29) is 57.7 Å². The molecular formula is C38H32O14. The molecule has 0 aromatic heterocycles. The number of ketones is 2. The van der Waals surface area contributed by atoms with Gasteiger partial charge in [0.1, 0.15) is 42.0 Å². The largest absolute Gasteiger partial charge is 0.507 e. The minimum atomic E-state index is -1.63. The molecule has 0 saturated carbocycles. The highest BCUT2D eigenvalue weighted by Crippen LogP contribution is 2.54. The summed E-state index contributed by atoms with van der Waals surface area (Å²) in [4.78, 5) is 52.6. The van der Waals surface area contributed by atoms with E-state index in [4.69, 9.17) is 9.47 Å². The monoisotopic (exact) mass is 712 g/mol. The Morgan fingerprint density at radius 2 is 1.21 bits per heavy atom. The summed E-state index contributed by atoms with van der Waals surface area (Å²) in [5, 5.41) is 82.6. The van der Waals surface area contributed by atoms with Crippen molar-refractivity contribution in [2.75, 3.05) is 13.2 Å². The Kier molecular flexibility index (Phi) is 8.90. The van der Waals surface area contributed by atoms with Crippen molar-refractivity contribution in [3.63, 3.8) is 0 Å². The predicted molar refractivity (Wildman–Crippen MR) is 177 cm³/mol. The second-order valence-electron chi connectivity index (χ2n) is 13.0. The molecule has 0 bridgehead atoms. The third-order valence-electron chi connectivity index (χ3n) is 10.1. The zero-order chi connectivity index (χ0) is 37.2. The molecule has 14 heteroatoms. The molecular weight excluding hydrogens is 680 g/mol. The molecule has 3 aliphatic rings. The average Bonchev–Trinajstić information content (AvgIpc) is 3.12. The molecule has 52 heavy (non-hydrogen) atoms. The van der Waals surface area contributed by atoms with Gasteiger partial charge in [0.25, 0.3) is 0 Å². The number of hydrogen-bond donors (Lipinski definition) is 8. The number of carboxylic acid groups (broad SMARTS) is 2. The number of benzene rings is 4. The van der Waals surface area contributed by atoms with Crippen LogP contribution in [0.4, 0.5) is 0 Å². The molecule has 4 aromatic carbocycles. The molecule has 1 fully saturated rings. The highest BCUT2D eigenvalue weighted by Gasteiger charge is 2.46. The van der Waals surface area contributed by atoms with Crippen molar-refractivity contribution in [1.82, 2.24) is 0 Å². The quantitative estimate of drug-likeness (QED) is 0.130. The number of carbonyl (C=O) groups excluding carboxylic acids is 2. The van der Waals surface area contributed by atoms with Gasteiger partial charge in [0.15, 0.2) is 11.6 Å². The lowest BCUT2D eigenvalue weighted by atomic mass is 9.63. The standard InChI is InChI=1S/C38H32O14/c39-12-25-33(43)36(46)34(44)26(52-25)14-51-13-15-4-3-7-20-27(15)35(45)31-22(9-17(38(49)50)11-24(31)41)29(20)28-18-5-1-2-6-19(18)32(42)30-21(28)8-16(37(47)48)10-23(30)40/h1-11,25-26,28-29,33-34,36,39-41,43-44,46H,12-14H2,(H,47,48)(H,49,50)/t25?,26-,28?,29?,33+,34?,36+/m0/s1. The summed E-state index contributed by atoms with van der Waals surface area (Å²) < 4.78 is 11.4. The fourth-order valence-electron chi connectivity index (χ4n) is 7.70. The van der Waals surface area contributed by atoms with Crippen LogP contribution >= 0.6 is 0 Å². The number of fused-ring (bicyclic) bond motifs is 4. The van der Waals surface area contributed by atoms with Crippen LogP contribution in [0.15, 0.2) is 66.7 Å². The number of aliphatic hydroxyl groups excluding tert-OH is 4. The highest BCUT2D eigenvalue weighted by atomic mass is 16.6. The van der Waals surface area contributed by atoms with Crippen molar-refractivity contribution in [1.29, 1.82) is 0 Å². The van der Waals surface area contributed by atoms with Gasteiger partial charge in [-0.25, -0.2) is 9.59 Å². The summed E-state index contributed by atoms with van der Waals surface area (Å²) in [6, 6.07) is 15.7. The number of hydrogen-bond acceptors (Lipinski definition) is 12. The van der Waals surface area contributed by atoms with Crippen molar-refractivity contribution in [2.24, 2.45) is 0 Å². The summed E-state index contributed by atoms with van der Waals surface area (Å²) in [7, 11) is 0. The first-order chi connectivity index (χ1) is 24.8. The molecule has 0 spiro atoms. The van der Waals surface area contributed by atoms with Crippen molar-refractivity contribution in [2.45, 2.75) is 49.0 Å². The van der Waals surface area contributed by atoms with Gasteiger partial charge in [-0.1, -0.05) is 42.5 Å². The lowest BCUT2D eigenvalue weighted by molar-refractivity contribution is -0.239. The first-order valence-corrected chi connectivity index (χ1v) is 16.2. The zero-order valence-corrected chi connectivity index (χ0v) is 27.0. The van der Waals surface area contributed by atoms with E-state index in [9.17, 15) is 60.0 Å². The summed E-state index contributed by atoms with van der Waals surface area (Å²) in [6.45, 7) is -1.25. The van der Waals surface area contributed by atoms with E-state index in [1.165, 1.54) is 12.1 Å². The number of ether oxygens (including phenoxy) is 2. The molecule has 0 amide bonds. The number of carbonyl (C=O) groups is 4. The van der Waals surface area contributed by atoms with E-state index in [1.807, 2.05) is 0 Å². The zero-order valence-electron chi connectivity index (χ0n) is 27.0.